The first kappa shape index (κ1) is 21.2. The summed E-state index contributed by atoms with van der Waals surface area (Å²) in [6.07, 6.45) is -2.41. The molecule has 3 fully saturated rings. The molecule has 0 saturated carbocycles. The van der Waals surface area contributed by atoms with E-state index >= 15 is 4.39 Å². The highest BCUT2D eigenvalue weighted by Gasteiger charge is 2.48. The number of benzene rings is 1. The molecule has 0 N–H and O–H groups in total. The minimum absolute atomic E-state index is 0.00572. The van der Waals surface area contributed by atoms with Gasteiger partial charge in [-0.25, -0.2) is 4.39 Å². The molecule has 0 radical (unpaired) electrons. The van der Waals surface area contributed by atoms with E-state index < -0.39 is 23.3 Å². The highest BCUT2D eigenvalue weighted by Crippen LogP contribution is 2.43. The zero-order chi connectivity index (χ0) is 22.7. The topological polar surface area (TPSA) is 71.7 Å². The summed E-state index contributed by atoms with van der Waals surface area (Å²) >= 11 is 0. The Balaban J connectivity index is 1.45. The van der Waals surface area contributed by atoms with Gasteiger partial charge in [0.25, 0.3) is 0 Å². The lowest BCUT2D eigenvalue weighted by atomic mass is 9.71. The van der Waals surface area contributed by atoms with E-state index in [9.17, 15) is 18.0 Å². The second-order valence-corrected chi connectivity index (χ2v) is 8.82. The molecule has 6 rings (SSSR count). The van der Waals surface area contributed by atoms with Crippen LogP contribution < -0.4 is 4.74 Å². The first-order valence-corrected chi connectivity index (χ1v) is 10.6. The van der Waals surface area contributed by atoms with Crippen LogP contribution in [0.25, 0.3) is 11.4 Å². The van der Waals surface area contributed by atoms with Gasteiger partial charge in [0.15, 0.2) is 0 Å². The molecule has 0 spiro atoms. The number of amides is 1. The standard InChI is InChI=1S/C21H22F4N4O3/c1-12-11-31-16-9-13(17-26-18(32-27-17)21(23,24)25)8-15(22)14(16)10-29(12)19(30)20-2-5-28(6-3-20)7-4-20/h8-9,12H,2-7,10-11H2,1H3/t12-/m1/s1. The van der Waals surface area contributed by atoms with Crippen LogP contribution in [0.1, 0.15) is 37.6 Å². The molecule has 2 bridgehead atoms. The number of alkyl halides is 3. The number of nitrogens with zero attached hydrogens (tertiary/aromatic N) is 4. The molecule has 1 atom stereocenters. The van der Waals surface area contributed by atoms with Crippen LogP contribution in [0.15, 0.2) is 16.7 Å². The average Bonchev–Trinajstić information content (AvgIpc) is 3.22. The van der Waals surface area contributed by atoms with Crippen LogP contribution in [0.5, 0.6) is 5.75 Å². The molecule has 1 amide bonds. The first-order valence-electron chi connectivity index (χ1n) is 10.6. The largest absolute Gasteiger partial charge is 0.491 e. The average molecular weight is 454 g/mol. The molecular formula is C21H22F4N4O3. The minimum atomic E-state index is -4.79. The molecule has 0 aliphatic carbocycles. The number of hydrogen-bond acceptors (Lipinski definition) is 6. The fourth-order valence-corrected chi connectivity index (χ4v) is 4.83. The molecule has 2 aromatic rings. The lowest BCUT2D eigenvalue weighted by Crippen LogP contribution is -2.57. The normalized spacial score (nSPS) is 27.6. The predicted molar refractivity (Wildman–Crippen MR) is 103 cm³/mol. The summed E-state index contributed by atoms with van der Waals surface area (Å²) in [4.78, 5) is 20.9. The van der Waals surface area contributed by atoms with E-state index in [0.717, 1.165) is 45.0 Å². The van der Waals surface area contributed by atoms with Gasteiger partial charge in [0, 0.05) is 11.1 Å². The number of aromatic nitrogens is 2. The number of halogens is 4. The highest BCUT2D eigenvalue weighted by atomic mass is 19.4. The predicted octanol–water partition coefficient (Wildman–Crippen LogP) is 3.49. The Bertz CT molecular complexity index is 1030. The summed E-state index contributed by atoms with van der Waals surface area (Å²) in [5.74, 6) is -2.40. The lowest BCUT2D eigenvalue weighted by molar-refractivity contribution is -0.159. The van der Waals surface area contributed by atoms with Gasteiger partial charge in [0.1, 0.15) is 18.2 Å². The summed E-state index contributed by atoms with van der Waals surface area (Å²) in [6, 6.07) is 2.15. The van der Waals surface area contributed by atoms with Gasteiger partial charge < -0.3 is 19.1 Å². The van der Waals surface area contributed by atoms with Gasteiger partial charge in [-0.05, 0) is 58.0 Å². The van der Waals surface area contributed by atoms with Crippen molar-refractivity contribution < 1.29 is 31.6 Å². The molecule has 5 heterocycles. The summed E-state index contributed by atoms with van der Waals surface area (Å²) < 4.78 is 63.4. The fourth-order valence-electron chi connectivity index (χ4n) is 4.83. The van der Waals surface area contributed by atoms with Crippen molar-refractivity contribution in [1.29, 1.82) is 0 Å². The Labute approximate surface area is 181 Å². The van der Waals surface area contributed by atoms with Crippen LogP contribution in [0.4, 0.5) is 17.6 Å². The quantitative estimate of drug-likeness (QED) is 0.647. The van der Waals surface area contributed by atoms with Gasteiger partial charge in [-0.1, -0.05) is 5.16 Å². The summed E-state index contributed by atoms with van der Waals surface area (Å²) in [5, 5.41) is 3.31. The van der Waals surface area contributed by atoms with Gasteiger partial charge in [-0.2, -0.15) is 18.2 Å². The van der Waals surface area contributed by atoms with Crippen molar-refractivity contribution in [3.8, 4) is 17.1 Å². The number of fused-ring (bicyclic) bond motifs is 4. The molecule has 1 aromatic heterocycles. The van der Waals surface area contributed by atoms with Crippen molar-refractivity contribution in [2.75, 3.05) is 26.2 Å². The summed E-state index contributed by atoms with van der Waals surface area (Å²) in [6.45, 7) is 4.71. The maximum atomic E-state index is 15.1. The third kappa shape index (κ3) is 3.52. The van der Waals surface area contributed by atoms with E-state index in [-0.39, 0.29) is 47.8 Å². The van der Waals surface area contributed by atoms with Crippen LogP contribution >= 0.6 is 0 Å². The van der Waals surface area contributed by atoms with Crippen molar-refractivity contribution in [3.05, 3.63) is 29.4 Å². The summed E-state index contributed by atoms with van der Waals surface area (Å²) in [7, 11) is 0. The van der Waals surface area contributed by atoms with Crippen molar-refractivity contribution in [2.24, 2.45) is 5.41 Å². The van der Waals surface area contributed by atoms with E-state index in [4.69, 9.17) is 4.74 Å². The van der Waals surface area contributed by atoms with Crippen LogP contribution in [0, 0.1) is 11.2 Å². The Morgan fingerprint density at radius 3 is 2.50 bits per heavy atom. The molecule has 7 nitrogen and oxygen atoms in total. The number of rotatable bonds is 2. The number of ether oxygens (including phenoxy) is 1. The van der Waals surface area contributed by atoms with Gasteiger partial charge in [-0.3, -0.25) is 4.79 Å². The second kappa shape index (κ2) is 7.43. The van der Waals surface area contributed by atoms with Crippen molar-refractivity contribution >= 4 is 5.91 Å². The van der Waals surface area contributed by atoms with Gasteiger partial charge in [0.05, 0.1) is 18.0 Å². The van der Waals surface area contributed by atoms with E-state index in [0.29, 0.717) is 0 Å². The number of carbonyl (C=O) groups excluding carboxylic acids is 1. The monoisotopic (exact) mass is 454 g/mol. The zero-order valence-corrected chi connectivity index (χ0v) is 17.4. The van der Waals surface area contributed by atoms with Crippen molar-refractivity contribution in [2.45, 2.75) is 44.9 Å². The molecule has 0 unspecified atom stereocenters. The SMILES string of the molecule is C[C@@H]1COc2cc(-c3noc(C(F)(F)F)n3)cc(F)c2CN1C(=O)C12CCN(CC1)CC2. The molecule has 4 aliphatic heterocycles. The van der Waals surface area contributed by atoms with Gasteiger partial charge in [-0.15, -0.1) is 0 Å². The third-order valence-electron chi connectivity index (χ3n) is 6.86. The Morgan fingerprint density at radius 2 is 1.88 bits per heavy atom. The van der Waals surface area contributed by atoms with Gasteiger partial charge in [0.2, 0.25) is 11.7 Å². The fraction of sp³-hybridized carbons (Fsp3) is 0.571. The maximum absolute atomic E-state index is 15.1. The van der Waals surface area contributed by atoms with E-state index in [1.807, 2.05) is 6.92 Å². The summed E-state index contributed by atoms with van der Waals surface area (Å²) in [5.41, 5.74) is -0.218. The maximum Gasteiger partial charge on any atom is 0.471 e. The van der Waals surface area contributed by atoms with E-state index in [1.165, 1.54) is 6.07 Å². The van der Waals surface area contributed by atoms with Crippen LogP contribution in [0.3, 0.4) is 0 Å². The second-order valence-electron chi connectivity index (χ2n) is 8.82. The molecule has 1 aromatic carbocycles. The van der Waals surface area contributed by atoms with Crippen molar-refractivity contribution in [1.82, 2.24) is 19.9 Å². The van der Waals surface area contributed by atoms with Crippen LogP contribution in [-0.2, 0) is 17.5 Å². The Morgan fingerprint density at radius 1 is 1.19 bits per heavy atom. The van der Waals surface area contributed by atoms with Gasteiger partial charge >= 0.3 is 12.1 Å². The number of hydrogen-bond donors (Lipinski definition) is 0. The molecule has 3 saturated heterocycles. The molecular weight excluding hydrogens is 432 g/mol. The molecule has 11 heteroatoms. The van der Waals surface area contributed by atoms with Crippen LogP contribution in [-0.4, -0.2) is 58.1 Å². The first-order chi connectivity index (χ1) is 15.2. The van der Waals surface area contributed by atoms with E-state index in [1.54, 1.807) is 4.90 Å². The smallest absolute Gasteiger partial charge is 0.471 e. The Kier molecular flexibility index (Phi) is 4.92. The molecule has 32 heavy (non-hydrogen) atoms. The number of carbonyl (C=O) groups is 1. The third-order valence-corrected chi connectivity index (χ3v) is 6.86. The molecule has 4 aliphatic rings. The highest BCUT2D eigenvalue weighted by molar-refractivity contribution is 5.83. The zero-order valence-electron chi connectivity index (χ0n) is 17.4. The number of piperidine rings is 3. The lowest BCUT2D eigenvalue weighted by Gasteiger charge is -2.49. The Hall–Kier alpha value is -2.69. The molecule has 172 valence electrons. The van der Waals surface area contributed by atoms with E-state index in [2.05, 4.69) is 19.6 Å². The van der Waals surface area contributed by atoms with Crippen molar-refractivity contribution in [3.63, 3.8) is 0 Å². The minimum Gasteiger partial charge on any atom is -0.491 e. The van der Waals surface area contributed by atoms with Crippen LogP contribution in [0.2, 0.25) is 0 Å².